The molecule has 68 valence electrons. The fourth-order valence-corrected chi connectivity index (χ4v) is 1.99. The Morgan fingerprint density at radius 3 is 2.67 bits per heavy atom. The fraction of sp³-hybridized carbons (Fsp3) is 0.889. The highest BCUT2D eigenvalue weighted by Crippen LogP contribution is 2.39. The van der Waals surface area contributed by atoms with Gasteiger partial charge in [-0.15, -0.1) is 0 Å². The standard InChI is InChI=1S/C9H15NO2/c1-10(2)9(11)6-3-4-7-8(5-6)12-7/h6-8H,3-5H2,1-2H3. The van der Waals surface area contributed by atoms with E-state index in [1.54, 1.807) is 4.90 Å². The van der Waals surface area contributed by atoms with Crippen LogP contribution in [0.1, 0.15) is 19.3 Å². The third-order valence-corrected chi connectivity index (χ3v) is 2.79. The maximum atomic E-state index is 11.5. The van der Waals surface area contributed by atoms with E-state index in [0.717, 1.165) is 19.3 Å². The van der Waals surface area contributed by atoms with E-state index in [0.29, 0.717) is 12.2 Å². The Bertz CT molecular complexity index is 203. The molecule has 3 unspecified atom stereocenters. The maximum absolute atomic E-state index is 11.5. The number of rotatable bonds is 1. The molecule has 1 aliphatic heterocycles. The second kappa shape index (κ2) is 2.73. The van der Waals surface area contributed by atoms with Crippen molar-refractivity contribution in [3.05, 3.63) is 0 Å². The molecule has 1 saturated heterocycles. The topological polar surface area (TPSA) is 32.8 Å². The Morgan fingerprint density at radius 2 is 2.08 bits per heavy atom. The van der Waals surface area contributed by atoms with Gasteiger partial charge in [-0.05, 0) is 19.3 Å². The largest absolute Gasteiger partial charge is 0.370 e. The van der Waals surface area contributed by atoms with Gasteiger partial charge in [0, 0.05) is 20.0 Å². The molecule has 3 heteroatoms. The highest BCUT2D eigenvalue weighted by Gasteiger charge is 2.45. The molecule has 0 N–H and O–H groups in total. The van der Waals surface area contributed by atoms with Crippen LogP contribution < -0.4 is 0 Å². The van der Waals surface area contributed by atoms with Gasteiger partial charge in [-0.1, -0.05) is 0 Å². The van der Waals surface area contributed by atoms with E-state index >= 15 is 0 Å². The average molecular weight is 169 g/mol. The van der Waals surface area contributed by atoms with E-state index in [1.165, 1.54) is 0 Å². The molecule has 1 aliphatic carbocycles. The SMILES string of the molecule is CN(C)C(=O)C1CCC2OC2C1. The quantitative estimate of drug-likeness (QED) is 0.540. The molecule has 0 spiro atoms. The van der Waals surface area contributed by atoms with Crippen molar-refractivity contribution in [2.24, 2.45) is 5.92 Å². The molecule has 2 fully saturated rings. The van der Waals surface area contributed by atoms with Gasteiger partial charge in [0.05, 0.1) is 12.2 Å². The van der Waals surface area contributed by atoms with E-state index < -0.39 is 0 Å². The molecule has 0 aromatic carbocycles. The summed E-state index contributed by atoms with van der Waals surface area (Å²) in [4.78, 5) is 13.2. The summed E-state index contributed by atoms with van der Waals surface area (Å²) in [5.74, 6) is 0.493. The highest BCUT2D eigenvalue weighted by molar-refractivity contribution is 5.78. The number of fused-ring (bicyclic) bond motifs is 1. The first-order chi connectivity index (χ1) is 5.68. The van der Waals surface area contributed by atoms with Crippen LogP contribution in [0, 0.1) is 5.92 Å². The van der Waals surface area contributed by atoms with Crippen LogP contribution in [-0.4, -0.2) is 37.1 Å². The summed E-state index contributed by atoms with van der Waals surface area (Å²) < 4.78 is 5.37. The first-order valence-electron chi connectivity index (χ1n) is 4.55. The van der Waals surface area contributed by atoms with Gasteiger partial charge in [0.15, 0.2) is 0 Å². The molecule has 1 amide bonds. The number of amides is 1. The molecule has 0 bridgehead atoms. The molecule has 2 rings (SSSR count). The van der Waals surface area contributed by atoms with E-state index in [2.05, 4.69) is 0 Å². The number of ether oxygens (including phenoxy) is 1. The van der Waals surface area contributed by atoms with Gasteiger partial charge in [0.1, 0.15) is 0 Å². The van der Waals surface area contributed by atoms with E-state index in [4.69, 9.17) is 4.74 Å². The Morgan fingerprint density at radius 1 is 1.33 bits per heavy atom. The number of carbonyl (C=O) groups excluding carboxylic acids is 1. The van der Waals surface area contributed by atoms with Gasteiger partial charge in [0.2, 0.25) is 5.91 Å². The van der Waals surface area contributed by atoms with Crippen LogP contribution in [0.3, 0.4) is 0 Å². The molecule has 2 aliphatic rings. The molecule has 0 radical (unpaired) electrons. The zero-order valence-electron chi connectivity index (χ0n) is 7.62. The van der Waals surface area contributed by atoms with E-state index in [-0.39, 0.29) is 11.8 Å². The smallest absolute Gasteiger partial charge is 0.225 e. The van der Waals surface area contributed by atoms with Crippen molar-refractivity contribution in [1.29, 1.82) is 0 Å². The lowest BCUT2D eigenvalue weighted by molar-refractivity contribution is -0.133. The summed E-state index contributed by atoms with van der Waals surface area (Å²) in [6.07, 6.45) is 3.94. The summed E-state index contributed by atoms with van der Waals surface area (Å²) in [5, 5.41) is 0. The molecule has 1 heterocycles. The van der Waals surface area contributed by atoms with E-state index in [1.807, 2.05) is 14.1 Å². The number of hydrogen-bond donors (Lipinski definition) is 0. The molecule has 1 saturated carbocycles. The summed E-state index contributed by atoms with van der Waals surface area (Å²) in [5.41, 5.74) is 0. The fourth-order valence-electron chi connectivity index (χ4n) is 1.99. The van der Waals surface area contributed by atoms with Gasteiger partial charge < -0.3 is 9.64 Å². The molecular formula is C9H15NO2. The molecule has 12 heavy (non-hydrogen) atoms. The van der Waals surface area contributed by atoms with Crippen LogP contribution in [0.2, 0.25) is 0 Å². The molecule has 3 atom stereocenters. The summed E-state index contributed by atoms with van der Waals surface area (Å²) in [6.45, 7) is 0. The van der Waals surface area contributed by atoms with Gasteiger partial charge >= 0.3 is 0 Å². The molecule has 0 aromatic rings. The van der Waals surface area contributed by atoms with Crippen LogP contribution in [0.4, 0.5) is 0 Å². The molecule has 3 nitrogen and oxygen atoms in total. The second-order valence-corrected chi connectivity index (χ2v) is 3.96. The Labute approximate surface area is 72.7 Å². The van der Waals surface area contributed by atoms with Crippen molar-refractivity contribution in [3.63, 3.8) is 0 Å². The minimum Gasteiger partial charge on any atom is -0.370 e. The first kappa shape index (κ1) is 8.05. The molecule has 0 aromatic heterocycles. The maximum Gasteiger partial charge on any atom is 0.225 e. The van der Waals surface area contributed by atoms with E-state index in [9.17, 15) is 4.79 Å². The zero-order chi connectivity index (χ0) is 8.72. The third-order valence-electron chi connectivity index (χ3n) is 2.79. The van der Waals surface area contributed by atoms with Crippen LogP contribution >= 0.6 is 0 Å². The number of carbonyl (C=O) groups is 1. The first-order valence-corrected chi connectivity index (χ1v) is 4.55. The highest BCUT2D eigenvalue weighted by atomic mass is 16.6. The van der Waals surface area contributed by atoms with Crippen LogP contribution in [0.15, 0.2) is 0 Å². The van der Waals surface area contributed by atoms with Crippen molar-refractivity contribution in [2.45, 2.75) is 31.5 Å². The Kier molecular flexibility index (Phi) is 1.83. The lowest BCUT2D eigenvalue weighted by atomic mass is 9.88. The number of nitrogens with zero attached hydrogens (tertiary/aromatic N) is 1. The minimum atomic E-state index is 0.226. The van der Waals surface area contributed by atoms with Crippen molar-refractivity contribution in [3.8, 4) is 0 Å². The zero-order valence-corrected chi connectivity index (χ0v) is 7.62. The second-order valence-electron chi connectivity index (χ2n) is 3.96. The van der Waals surface area contributed by atoms with Crippen molar-refractivity contribution >= 4 is 5.91 Å². The summed E-state index contributed by atoms with van der Waals surface area (Å²) >= 11 is 0. The molecular weight excluding hydrogens is 154 g/mol. The lowest BCUT2D eigenvalue weighted by Crippen LogP contribution is -2.32. The summed E-state index contributed by atoms with van der Waals surface area (Å²) in [6, 6.07) is 0. The van der Waals surface area contributed by atoms with Gasteiger partial charge in [-0.2, -0.15) is 0 Å². The summed E-state index contributed by atoms with van der Waals surface area (Å²) in [7, 11) is 3.64. The predicted octanol–water partition coefficient (Wildman–Crippen LogP) is 0.642. The lowest BCUT2D eigenvalue weighted by Gasteiger charge is -2.21. The Hall–Kier alpha value is -0.570. The van der Waals surface area contributed by atoms with Gasteiger partial charge in [-0.25, -0.2) is 0 Å². The predicted molar refractivity (Wildman–Crippen MR) is 44.7 cm³/mol. The number of hydrogen-bond acceptors (Lipinski definition) is 2. The van der Waals surface area contributed by atoms with Crippen LogP contribution in [0.5, 0.6) is 0 Å². The van der Waals surface area contributed by atoms with Crippen LogP contribution in [0.25, 0.3) is 0 Å². The number of epoxide rings is 1. The van der Waals surface area contributed by atoms with Crippen molar-refractivity contribution < 1.29 is 9.53 Å². The van der Waals surface area contributed by atoms with Gasteiger partial charge in [0.25, 0.3) is 0 Å². The van der Waals surface area contributed by atoms with Crippen LogP contribution in [-0.2, 0) is 9.53 Å². The third kappa shape index (κ3) is 1.33. The van der Waals surface area contributed by atoms with Crippen molar-refractivity contribution in [2.75, 3.05) is 14.1 Å². The average Bonchev–Trinajstić information content (AvgIpc) is 2.79. The Balaban J connectivity index is 1.91. The minimum absolute atomic E-state index is 0.226. The van der Waals surface area contributed by atoms with Gasteiger partial charge in [-0.3, -0.25) is 4.79 Å². The monoisotopic (exact) mass is 169 g/mol. The van der Waals surface area contributed by atoms with Crippen molar-refractivity contribution in [1.82, 2.24) is 4.90 Å². The normalized spacial score (nSPS) is 38.7.